The summed E-state index contributed by atoms with van der Waals surface area (Å²) in [5, 5.41) is 10.6. The van der Waals surface area contributed by atoms with Gasteiger partial charge in [-0.3, -0.25) is 5.32 Å². The number of halogens is 1. The number of benzene rings is 1. The van der Waals surface area contributed by atoms with Crippen LogP contribution in [0, 0.1) is 0 Å². The number of carbonyl (C=O) groups excluding carboxylic acids is 1. The van der Waals surface area contributed by atoms with Crippen LogP contribution in [-0.2, 0) is 11.2 Å². The van der Waals surface area contributed by atoms with Gasteiger partial charge in [-0.25, -0.2) is 14.8 Å². The smallest absolute Gasteiger partial charge is 0.411 e. The maximum absolute atomic E-state index is 11.6. The van der Waals surface area contributed by atoms with Crippen molar-refractivity contribution >= 4 is 44.6 Å². The third kappa shape index (κ3) is 4.13. The maximum atomic E-state index is 11.6. The minimum Gasteiger partial charge on any atom is -0.453 e. The molecule has 1 amide bonds. The zero-order valence-electron chi connectivity index (χ0n) is 17.0. The van der Waals surface area contributed by atoms with E-state index in [-0.39, 0.29) is 0 Å². The molecule has 1 atom stereocenters. The quantitative estimate of drug-likeness (QED) is 0.441. The van der Waals surface area contributed by atoms with Gasteiger partial charge in [0.1, 0.15) is 0 Å². The van der Waals surface area contributed by atoms with E-state index in [0.717, 1.165) is 64.5 Å². The second-order valence-corrected chi connectivity index (χ2v) is 8.07. The van der Waals surface area contributed by atoms with Crippen LogP contribution in [0.3, 0.4) is 0 Å². The van der Waals surface area contributed by atoms with Gasteiger partial charge >= 0.3 is 6.09 Å². The molecule has 0 bridgehead atoms. The molecule has 0 aliphatic carbocycles. The van der Waals surface area contributed by atoms with Gasteiger partial charge in [-0.1, -0.05) is 13.0 Å². The van der Waals surface area contributed by atoms with Crippen LogP contribution in [-0.4, -0.2) is 47.3 Å². The number of H-pyrrole nitrogens is 1. The fourth-order valence-electron chi connectivity index (χ4n) is 3.74. The summed E-state index contributed by atoms with van der Waals surface area (Å²) < 4.78 is 5.45. The molecule has 4 rings (SSSR count). The number of nitrogens with one attached hydrogen (secondary N) is 4. The molecule has 30 heavy (non-hydrogen) atoms. The average Bonchev–Trinajstić information content (AvgIpc) is 3.21. The molecule has 0 spiro atoms. The average molecular weight is 473 g/mol. The number of ether oxygens (including phenoxy) is 1. The normalized spacial score (nSPS) is 16.4. The van der Waals surface area contributed by atoms with E-state index in [1.165, 1.54) is 7.11 Å². The third-order valence-electron chi connectivity index (χ3n) is 5.35. The first kappa shape index (κ1) is 20.6. The van der Waals surface area contributed by atoms with E-state index in [4.69, 9.17) is 9.72 Å². The summed E-state index contributed by atoms with van der Waals surface area (Å²) in [6.45, 7) is 4.09. The second kappa shape index (κ2) is 9.01. The van der Waals surface area contributed by atoms with E-state index < -0.39 is 6.09 Å². The van der Waals surface area contributed by atoms with Crippen molar-refractivity contribution in [2.75, 3.05) is 30.8 Å². The van der Waals surface area contributed by atoms with Gasteiger partial charge in [-0.05, 0) is 53.4 Å². The molecular weight excluding hydrogens is 448 g/mol. The number of nitrogens with zero attached hydrogens (tertiary/aromatic N) is 2. The maximum Gasteiger partial charge on any atom is 0.411 e. The van der Waals surface area contributed by atoms with Crippen molar-refractivity contribution in [3.8, 4) is 11.3 Å². The first-order chi connectivity index (χ1) is 14.6. The highest BCUT2D eigenvalue weighted by Gasteiger charge is 2.18. The summed E-state index contributed by atoms with van der Waals surface area (Å²) in [6.07, 6.45) is 6.43. The Morgan fingerprint density at radius 2 is 2.27 bits per heavy atom. The number of methoxy groups -OCH3 is 1. The van der Waals surface area contributed by atoms with Gasteiger partial charge in [0, 0.05) is 35.9 Å². The Morgan fingerprint density at radius 1 is 1.40 bits per heavy atom. The predicted octanol–water partition coefficient (Wildman–Crippen LogP) is 4.29. The Hall–Kier alpha value is -2.65. The molecule has 2 aromatic heterocycles. The lowest BCUT2D eigenvalue weighted by molar-refractivity contribution is 0.187. The summed E-state index contributed by atoms with van der Waals surface area (Å²) in [7, 11) is 1.34. The van der Waals surface area contributed by atoms with Gasteiger partial charge in [-0.2, -0.15) is 0 Å². The Bertz CT molecular complexity index is 1060. The first-order valence-corrected chi connectivity index (χ1v) is 10.9. The lowest BCUT2D eigenvalue weighted by atomic mass is 10.0. The Morgan fingerprint density at radius 3 is 3.00 bits per heavy atom. The number of rotatable bonds is 5. The highest BCUT2D eigenvalue weighted by Crippen LogP contribution is 2.37. The van der Waals surface area contributed by atoms with E-state index in [0.29, 0.717) is 17.7 Å². The summed E-state index contributed by atoms with van der Waals surface area (Å²) in [5.41, 5.74) is 4.50. The van der Waals surface area contributed by atoms with Crippen LogP contribution in [0.25, 0.3) is 22.2 Å². The SMILES string of the molecule is CCc1cnc(N[C@H]2CCCNC2)nc1-c1c[nH]c2c(Br)c(NC(=O)OC)ccc12. The standard InChI is InChI=1S/C21H25BrN6O2/c1-3-12-9-25-20(26-13-5-4-8-23-10-13)28-18(12)15-11-24-19-14(15)6-7-16(17(19)22)27-21(29)30-2/h6-7,9,11,13,23-24H,3-5,8,10H2,1-2H3,(H,27,29)(H,25,26,28)/t13-/m0/s1. The van der Waals surface area contributed by atoms with Crippen molar-refractivity contribution in [2.45, 2.75) is 32.2 Å². The van der Waals surface area contributed by atoms with Crippen molar-refractivity contribution in [3.05, 3.63) is 34.6 Å². The lowest BCUT2D eigenvalue weighted by Crippen LogP contribution is -2.38. The van der Waals surface area contributed by atoms with Crippen LogP contribution in [0.1, 0.15) is 25.3 Å². The summed E-state index contributed by atoms with van der Waals surface area (Å²) in [4.78, 5) is 24.3. The lowest BCUT2D eigenvalue weighted by Gasteiger charge is -2.24. The number of fused-ring (bicyclic) bond motifs is 1. The Kier molecular flexibility index (Phi) is 6.19. The molecule has 1 aliphatic heterocycles. The number of hydrogen-bond acceptors (Lipinski definition) is 6. The van der Waals surface area contributed by atoms with Crippen LogP contribution in [0.15, 0.2) is 29.0 Å². The van der Waals surface area contributed by atoms with E-state index in [1.54, 1.807) is 0 Å². The van der Waals surface area contributed by atoms with Gasteiger partial charge in [-0.15, -0.1) is 0 Å². The fraction of sp³-hybridized carbons (Fsp3) is 0.381. The Balaban J connectivity index is 1.70. The van der Waals surface area contributed by atoms with Crippen molar-refractivity contribution in [3.63, 3.8) is 0 Å². The third-order valence-corrected chi connectivity index (χ3v) is 6.17. The summed E-state index contributed by atoms with van der Waals surface area (Å²) in [6, 6.07) is 4.15. The van der Waals surface area contributed by atoms with Crippen LogP contribution >= 0.6 is 15.9 Å². The van der Waals surface area contributed by atoms with Gasteiger partial charge in [0.2, 0.25) is 5.95 Å². The van der Waals surface area contributed by atoms with Gasteiger partial charge < -0.3 is 20.4 Å². The molecule has 1 aromatic carbocycles. The van der Waals surface area contributed by atoms with Crippen LogP contribution < -0.4 is 16.0 Å². The highest BCUT2D eigenvalue weighted by molar-refractivity contribution is 9.10. The molecule has 0 radical (unpaired) electrons. The molecular formula is C21H25BrN6O2. The number of aryl methyl sites for hydroxylation is 1. The second-order valence-electron chi connectivity index (χ2n) is 7.28. The number of aromatic nitrogens is 3. The molecule has 3 aromatic rings. The minimum atomic E-state index is -0.515. The van der Waals surface area contributed by atoms with Crippen LogP contribution in [0.4, 0.5) is 16.4 Å². The molecule has 0 saturated carbocycles. The number of hydrogen-bond donors (Lipinski definition) is 4. The molecule has 8 nitrogen and oxygen atoms in total. The summed E-state index contributed by atoms with van der Waals surface area (Å²) in [5.74, 6) is 0.647. The van der Waals surface area contributed by atoms with Crippen molar-refractivity contribution in [1.29, 1.82) is 0 Å². The van der Waals surface area contributed by atoms with Crippen LogP contribution in [0.5, 0.6) is 0 Å². The number of amides is 1. The van der Waals surface area contributed by atoms with Gasteiger partial charge in [0.15, 0.2) is 0 Å². The van der Waals surface area contributed by atoms with E-state index in [2.05, 4.69) is 48.8 Å². The van der Waals surface area contributed by atoms with Crippen molar-refractivity contribution in [1.82, 2.24) is 20.3 Å². The molecule has 0 unspecified atom stereocenters. The molecule has 4 N–H and O–H groups in total. The minimum absolute atomic E-state index is 0.336. The molecule has 1 saturated heterocycles. The fourth-order valence-corrected chi connectivity index (χ4v) is 4.30. The topological polar surface area (TPSA) is 104 Å². The zero-order valence-corrected chi connectivity index (χ0v) is 18.6. The number of piperidine rings is 1. The van der Waals surface area contributed by atoms with E-state index in [1.807, 2.05) is 24.5 Å². The number of aromatic amines is 1. The molecule has 1 fully saturated rings. The Labute approximate surface area is 183 Å². The monoisotopic (exact) mass is 472 g/mol. The molecule has 3 heterocycles. The first-order valence-electron chi connectivity index (χ1n) is 10.1. The van der Waals surface area contributed by atoms with Crippen molar-refractivity contribution in [2.24, 2.45) is 0 Å². The van der Waals surface area contributed by atoms with Crippen LogP contribution in [0.2, 0.25) is 0 Å². The number of carbonyl (C=O) groups is 1. The summed E-state index contributed by atoms with van der Waals surface area (Å²) >= 11 is 3.59. The van der Waals surface area contributed by atoms with Gasteiger partial charge in [0.25, 0.3) is 0 Å². The molecule has 1 aliphatic rings. The predicted molar refractivity (Wildman–Crippen MR) is 122 cm³/mol. The van der Waals surface area contributed by atoms with Gasteiger partial charge in [0.05, 0.1) is 28.5 Å². The van der Waals surface area contributed by atoms with E-state index >= 15 is 0 Å². The largest absolute Gasteiger partial charge is 0.453 e. The molecule has 9 heteroatoms. The number of anilines is 2. The van der Waals surface area contributed by atoms with Crippen molar-refractivity contribution < 1.29 is 9.53 Å². The molecule has 158 valence electrons. The highest BCUT2D eigenvalue weighted by atomic mass is 79.9. The zero-order chi connectivity index (χ0) is 21.1. The van der Waals surface area contributed by atoms with E-state index in [9.17, 15) is 4.79 Å².